The van der Waals surface area contributed by atoms with Crippen LogP contribution >= 0.6 is 0 Å². The van der Waals surface area contributed by atoms with Gasteiger partial charge in [-0.3, -0.25) is 4.79 Å². The Kier molecular flexibility index (Phi) is 6.03. The number of methoxy groups -OCH3 is 1. The summed E-state index contributed by atoms with van der Waals surface area (Å²) in [6, 6.07) is 25.1. The molecule has 5 nitrogen and oxygen atoms in total. The predicted octanol–water partition coefficient (Wildman–Crippen LogP) is 5.30. The van der Waals surface area contributed by atoms with E-state index in [0.717, 1.165) is 16.8 Å². The Labute approximate surface area is 181 Å². The van der Waals surface area contributed by atoms with Crippen molar-refractivity contribution < 1.29 is 9.53 Å². The van der Waals surface area contributed by atoms with E-state index in [1.807, 2.05) is 61.5 Å². The van der Waals surface area contributed by atoms with E-state index in [1.165, 1.54) is 5.56 Å². The van der Waals surface area contributed by atoms with Crippen LogP contribution in [0, 0.1) is 6.92 Å². The Morgan fingerprint density at radius 2 is 1.65 bits per heavy atom. The quantitative estimate of drug-likeness (QED) is 0.469. The van der Waals surface area contributed by atoms with Crippen molar-refractivity contribution in [2.75, 3.05) is 12.4 Å². The molecule has 1 aromatic heterocycles. The fourth-order valence-electron chi connectivity index (χ4n) is 3.23. The van der Waals surface area contributed by atoms with Crippen molar-refractivity contribution >= 4 is 11.7 Å². The third-order valence-electron chi connectivity index (χ3n) is 4.99. The van der Waals surface area contributed by atoms with E-state index in [9.17, 15) is 4.79 Å². The zero-order valence-corrected chi connectivity index (χ0v) is 17.5. The average molecular weight is 409 g/mol. The molecule has 0 radical (unpaired) electrons. The molecule has 1 amide bonds. The fraction of sp³-hybridized carbons (Fsp3) is 0.115. The van der Waals surface area contributed by atoms with Gasteiger partial charge < -0.3 is 10.1 Å². The van der Waals surface area contributed by atoms with Gasteiger partial charge in [-0.15, -0.1) is 0 Å². The Morgan fingerprint density at radius 3 is 2.32 bits per heavy atom. The lowest BCUT2D eigenvalue weighted by Crippen LogP contribution is -2.15. The molecule has 5 heteroatoms. The fourth-order valence-corrected chi connectivity index (χ4v) is 3.23. The molecule has 0 saturated heterocycles. The second kappa shape index (κ2) is 9.22. The van der Waals surface area contributed by atoms with Crippen molar-refractivity contribution in [3.05, 3.63) is 107 Å². The Morgan fingerprint density at radius 1 is 0.935 bits per heavy atom. The van der Waals surface area contributed by atoms with Crippen LogP contribution in [0.5, 0.6) is 5.75 Å². The predicted molar refractivity (Wildman–Crippen MR) is 122 cm³/mol. The first-order chi connectivity index (χ1) is 15.1. The van der Waals surface area contributed by atoms with Gasteiger partial charge in [0.25, 0.3) is 5.91 Å². The number of carbonyl (C=O) groups excluding carboxylic acids is 1. The summed E-state index contributed by atoms with van der Waals surface area (Å²) in [5.41, 5.74) is 5.28. The summed E-state index contributed by atoms with van der Waals surface area (Å²) in [6.45, 7) is 2.05. The molecule has 0 spiro atoms. The van der Waals surface area contributed by atoms with Gasteiger partial charge in [-0.05, 0) is 36.8 Å². The number of aryl methyl sites for hydroxylation is 1. The zero-order chi connectivity index (χ0) is 21.6. The van der Waals surface area contributed by atoms with Crippen molar-refractivity contribution in [2.24, 2.45) is 0 Å². The first-order valence-electron chi connectivity index (χ1n) is 10.0. The molecule has 0 saturated carbocycles. The number of anilines is 1. The lowest BCUT2D eigenvalue weighted by molar-refractivity contribution is 0.102. The molecule has 1 heterocycles. The van der Waals surface area contributed by atoms with E-state index >= 15 is 0 Å². The normalized spacial score (nSPS) is 10.5. The number of amides is 1. The number of carbonyl (C=O) groups is 1. The number of hydrogen-bond donors (Lipinski definition) is 1. The third kappa shape index (κ3) is 4.95. The minimum absolute atomic E-state index is 0.241. The van der Waals surface area contributed by atoms with Crippen molar-refractivity contribution in [2.45, 2.75) is 13.3 Å². The Balaban J connectivity index is 1.66. The summed E-state index contributed by atoms with van der Waals surface area (Å²) in [6.07, 6.45) is 2.26. The number of hydrogen-bond acceptors (Lipinski definition) is 4. The van der Waals surface area contributed by atoms with E-state index in [0.29, 0.717) is 29.2 Å². The molecule has 0 atom stereocenters. The monoisotopic (exact) mass is 409 g/mol. The van der Waals surface area contributed by atoms with Crippen LogP contribution < -0.4 is 10.1 Å². The van der Waals surface area contributed by atoms with Crippen LogP contribution in [0.4, 0.5) is 5.82 Å². The molecule has 154 valence electrons. The molecule has 0 aliphatic rings. The summed E-state index contributed by atoms with van der Waals surface area (Å²) < 4.78 is 5.16. The van der Waals surface area contributed by atoms with Crippen molar-refractivity contribution in [3.63, 3.8) is 0 Å². The van der Waals surface area contributed by atoms with Gasteiger partial charge >= 0.3 is 0 Å². The standard InChI is InChI=1S/C26H23N3O2/c1-18-8-10-20(11-9-18)24-17-27-25(23(28-24)16-19-6-4-3-5-7-19)29-26(30)21-12-14-22(31-2)15-13-21/h3-15,17H,16H2,1-2H3,(H,27,29,30). The molecule has 4 aromatic rings. The van der Waals surface area contributed by atoms with E-state index in [-0.39, 0.29) is 5.91 Å². The van der Waals surface area contributed by atoms with Gasteiger partial charge in [0.15, 0.2) is 5.82 Å². The third-order valence-corrected chi connectivity index (χ3v) is 4.99. The second-order valence-electron chi connectivity index (χ2n) is 7.26. The van der Waals surface area contributed by atoms with Gasteiger partial charge in [-0.2, -0.15) is 0 Å². The van der Waals surface area contributed by atoms with Crippen molar-refractivity contribution in [1.29, 1.82) is 0 Å². The van der Waals surface area contributed by atoms with E-state index < -0.39 is 0 Å². The number of aromatic nitrogens is 2. The first-order valence-corrected chi connectivity index (χ1v) is 10.0. The maximum absolute atomic E-state index is 12.8. The average Bonchev–Trinajstić information content (AvgIpc) is 2.81. The Bertz CT molecular complexity index is 1170. The van der Waals surface area contributed by atoms with Crippen LogP contribution in [-0.2, 0) is 6.42 Å². The van der Waals surface area contributed by atoms with E-state index in [1.54, 1.807) is 37.6 Å². The largest absolute Gasteiger partial charge is 0.497 e. The first kappa shape index (κ1) is 20.3. The molecule has 0 bridgehead atoms. The zero-order valence-electron chi connectivity index (χ0n) is 17.5. The molecule has 0 aliphatic carbocycles. The highest BCUT2D eigenvalue weighted by Gasteiger charge is 2.14. The topological polar surface area (TPSA) is 64.1 Å². The molecular weight excluding hydrogens is 386 g/mol. The second-order valence-corrected chi connectivity index (χ2v) is 7.26. The summed E-state index contributed by atoms with van der Waals surface area (Å²) in [7, 11) is 1.59. The summed E-state index contributed by atoms with van der Waals surface area (Å²) in [5.74, 6) is 0.915. The molecule has 1 N–H and O–H groups in total. The summed E-state index contributed by atoms with van der Waals surface area (Å²) in [4.78, 5) is 22.2. The molecule has 3 aromatic carbocycles. The van der Waals surface area contributed by atoms with Crippen LogP contribution in [-0.4, -0.2) is 23.0 Å². The molecule has 0 unspecified atom stereocenters. The van der Waals surface area contributed by atoms with Gasteiger partial charge in [0, 0.05) is 17.5 Å². The summed E-state index contributed by atoms with van der Waals surface area (Å²) in [5, 5.41) is 2.92. The Hall–Kier alpha value is -3.99. The van der Waals surface area contributed by atoms with Gasteiger partial charge in [-0.25, -0.2) is 9.97 Å². The molecule has 0 aliphatic heterocycles. The van der Waals surface area contributed by atoms with Crippen molar-refractivity contribution in [1.82, 2.24) is 9.97 Å². The highest BCUT2D eigenvalue weighted by atomic mass is 16.5. The van der Waals surface area contributed by atoms with Gasteiger partial charge in [0.2, 0.25) is 0 Å². The van der Waals surface area contributed by atoms with Gasteiger partial charge in [-0.1, -0.05) is 60.2 Å². The van der Waals surface area contributed by atoms with E-state index in [4.69, 9.17) is 9.72 Å². The van der Waals surface area contributed by atoms with Crippen LogP contribution in [0.3, 0.4) is 0 Å². The lowest BCUT2D eigenvalue weighted by Gasteiger charge is -2.12. The minimum atomic E-state index is -0.241. The number of nitrogens with one attached hydrogen (secondary N) is 1. The van der Waals surface area contributed by atoms with Crippen LogP contribution in [0.15, 0.2) is 85.1 Å². The number of ether oxygens (including phenoxy) is 1. The number of benzene rings is 3. The van der Waals surface area contributed by atoms with Gasteiger partial charge in [0.1, 0.15) is 5.75 Å². The van der Waals surface area contributed by atoms with E-state index in [2.05, 4.69) is 10.3 Å². The van der Waals surface area contributed by atoms with Crippen LogP contribution in [0.25, 0.3) is 11.3 Å². The minimum Gasteiger partial charge on any atom is -0.497 e. The van der Waals surface area contributed by atoms with Crippen molar-refractivity contribution in [3.8, 4) is 17.0 Å². The van der Waals surface area contributed by atoms with Crippen LogP contribution in [0.1, 0.15) is 27.2 Å². The molecule has 4 rings (SSSR count). The number of nitrogens with zero attached hydrogens (tertiary/aromatic N) is 2. The van der Waals surface area contributed by atoms with Gasteiger partial charge in [0.05, 0.1) is 24.7 Å². The summed E-state index contributed by atoms with van der Waals surface area (Å²) >= 11 is 0. The lowest BCUT2D eigenvalue weighted by atomic mass is 10.1. The maximum Gasteiger partial charge on any atom is 0.256 e. The van der Waals surface area contributed by atoms with Crippen LogP contribution in [0.2, 0.25) is 0 Å². The smallest absolute Gasteiger partial charge is 0.256 e. The number of rotatable bonds is 6. The highest BCUT2D eigenvalue weighted by molar-refractivity contribution is 6.04. The highest BCUT2D eigenvalue weighted by Crippen LogP contribution is 2.23. The molecule has 0 fully saturated rings. The molecular formula is C26H23N3O2. The molecule has 31 heavy (non-hydrogen) atoms. The maximum atomic E-state index is 12.8. The SMILES string of the molecule is COc1ccc(C(=O)Nc2ncc(-c3ccc(C)cc3)nc2Cc2ccccc2)cc1.